The number of hydrogen-bond acceptors (Lipinski definition) is 5. The maximum Gasteiger partial charge on any atom is 0.338 e. The summed E-state index contributed by atoms with van der Waals surface area (Å²) in [4.78, 5) is 12.9. The third-order valence-corrected chi connectivity index (χ3v) is 3.01. The minimum atomic E-state index is -0.493. The molecule has 0 aliphatic heterocycles. The predicted octanol–water partition coefficient (Wildman–Crippen LogP) is 2.61. The Labute approximate surface area is 126 Å². The number of phenols is 1. The van der Waals surface area contributed by atoms with Crippen molar-refractivity contribution >= 4 is 17.0 Å². The SMILES string of the molecule is C=C(C)C(=O)Oc1ccc2nn(-c3ccccc3O)nc2c1. The van der Waals surface area contributed by atoms with Gasteiger partial charge in [-0.15, -0.1) is 15.0 Å². The number of para-hydroxylation sites is 2. The fourth-order valence-electron chi connectivity index (χ4n) is 1.89. The number of fused-ring (bicyclic) bond motifs is 1. The molecule has 0 spiro atoms. The van der Waals surface area contributed by atoms with Crippen LogP contribution in [0.1, 0.15) is 6.92 Å². The molecular formula is C16H13N3O3. The van der Waals surface area contributed by atoms with Crippen LogP contribution in [0.25, 0.3) is 16.7 Å². The Morgan fingerprint density at radius 2 is 1.91 bits per heavy atom. The van der Waals surface area contributed by atoms with Gasteiger partial charge in [-0.2, -0.15) is 0 Å². The minimum absolute atomic E-state index is 0.0803. The van der Waals surface area contributed by atoms with Gasteiger partial charge < -0.3 is 9.84 Å². The Balaban J connectivity index is 1.99. The molecule has 1 aromatic heterocycles. The van der Waals surface area contributed by atoms with Gasteiger partial charge in [0, 0.05) is 11.6 Å². The first-order chi connectivity index (χ1) is 10.5. The van der Waals surface area contributed by atoms with Crippen molar-refractivity contribution in [2.75, 3.05) is 0 Å². The molecule has 6 heteroatoms. The highest BCUT2D eigenvalue weighted by Gasteiger charge is 2.11. The molecule has 0 aliphatic carbocycles. The van der Waals surface area contributed by atoms with Gasteiger partial charge in [0.15, 0.2) is 0 Å². The smallest absolute Gasteiger partial charge is 0.338 e. The van der Waals surface area contributed by atoms with Gasteiger partial charge in [0.25, 0.3) is 0 Å². The minimum Gasteiger partial charge on any atom is -0.506 e. The molecule has 0 unspecified atom stereocenters. The zero-order valence-electron chi connectivity index (χ0n) is 11.9. The molecule has 0 saturated carbocycles. The van der Waals surface area contributed by atoms with Crippen LogP contribution in [0.3, 0.4) is 0 Å². The second-order valence-electron chi connectivity index (χ2n) is 4.80. The normalized spacial score (nSPS) is 10.6. The molecule has 1 N–H and O–H groups in total. The van der Waals surface area contributed by atoms with Crippen molar-refractivity contribution in [2.24, 2.45) is 0 Å². The van der Waals surface area contributed by atoms with Crippen LogP contribution in [0.2, 0.25) is 0 Å². The molecule has 0 aliphatic rings. The van der Waals surface area contributed by atoms with Gasteiger partial charge in [-0.25, -0.2) is 4.79 Å². The van der Waals surface area contributed by atoms with E-state index >= 15 is 0 Å². The van der Waals surface area contributed by atoms with E-state index in [9.17, 15) is 9.90 Å². The van der Waals surface area contributed by atoms with Crippen molar-refractivity contribution in [1.29, 1.82) is 0 Å². The molecule has 0 bridgehead atoms. The van der Waals surface area contributed by atoms with Gasteiger partial charge in [0.1, 0.15) is 28.2 Å². The largest absolute Gasteiger partial charge is 0.506 e. The number of aromatic hydroxyl groups is 1. The lowest BCUT2D eigenvalue weighted by Crippen LogP contribution is -2.07. The molecule has 0 radical (unpaired) electrons. The van der Waals surface area contributed by atoms with E-state index in [4.69, 9.17) is 4.74 Å². The van der Waals surface area contributed by atoms with Crippen molar-refractivity contribution < 1.29 is 14.6 Å². The highest BCUT2D eigenvalue weighted by atomic mass is 16.5. The first-order valence-electron chi connectivity index (χ1n) is 6.58. The van der Waals surface area contributed by atoms with Crippen LogP contribution < -0.4 is 4.74 Å². The lowest BCUT2D eigenvalue weighted by molar-refractivity contribution is -0.130. The standard InChI is InChI=1S/C16H13N3O3/c1-10(2)16(21)22-11-7-8-12-13(9-11)18-19(17-12)14-5-3-4-6-15(14)20/h3-9,20H,1H2,2H3. The van der Waals surface area contributed by atoms with Crippen LogP contribution in [0.4, 0.5) is 0 Å². The zero-order valence-corrected chi connectivity index (χ0v) is 11.9. The van der Waals surface area contributed by atoms with Crippen LogP contribution in [0.5, 0.6) is 11.5 Å². The summed E-state index contributed by atoms with van der Waals surface area (Å²) in [5.74, 6) is -0.0472. The molecule has 3 aromatic rings. The summed E-state index contributed by atoms with van der Waals surface area (Å²) in [7, 11) is 0. The second-order valence-corrected chi connectivity index (χ2v) is 4.80. The maximum atomic E-state index is 11.5. The number of rotatable bonds is 3. The van der Waals surface area contributed by atoms with Gasteiger partial charge >= 0.3 is 5.97 Å². The highest BCUT2D eigenvalue weighted by Crippen LogP contribution is 2.23. The quantitative estimate of drug-likeness (QED) is 0.456. The number of carbonyl (C=O) groups excluding carboxylic acids is 1. The van der Waals surface area contributed by atoms with Crippen LogP contribution in [-0.2, 0) is 4.79 Å². The predicted molar refractivity (Wildman–Crippen MR) is 81.0 cm³/mol. The second kappa shape index (κ2) is 5.33. The summed E-state index contributed by atoms with van der Waals surface area (Å²) in [6, 6.07) is 11.7. The lowest BCUT2D eigenvalue weighted by Gasteiger charge is -2.02. The van der Waals surface area contributed by atoms with Crippen molar-refractivity contribution in [1.82, 2.24) is 15.0 Å². The Hall–Kier alpha value is -3.15. The molecule has 22 heavy (non-hydrogen) atoms. The fourth-order valence-corrected chi connectivity index (χ4v) is 1.89. The number of carbonyl (C=O) groups is 1. The summed E-state index contributed by atoms with van der Waals surface area (Å²) in [6.45, 7) is 5.11. The summed E-state index contributed by atoms with van der Waals surface area (Å²) < 4.78 is 5.16. The van der Waals surface area contributed by atoms with E-state index in [2.05, 4.69) is 16.8 Å². The van der Waals surface area contributed by atoms with E-state index in [-0.39, 0.29) is 5.75 Å². The van der Waals surface area contributed by atoms with Crippen LogP contribution in [0, 0.1) is 0 Å². The van der Waals surface area contributed by atoms with Gasteiger partial charge in [0.2, 0.25) is 0 Å². The number of nitrogens with zero attached hydrogens (tertiary/aromatic N) is 3. The lowest BCUT2D eigenvalue weighted by atomic mass is 10.3. The monoisotopic (exact) mass is 295 g/mol. The highest BCUT2D eigenvalue weighted by molar-refractivity contribution is 5.89. The third-order valence-electron chi connectivity index (χ3n) is 3.01. The van der Waals surface area contributed by atoms with Crippen LogP contribution in [0.15, 0.2) is 54.6 Å². The summed E-state index contributed by atoms with van der Waals surface area (Å²) in [6.07, 6.45) is 0. The van der Waals surface area contributed by atoms with E-state index in [0.717, 1.165) is 0 Å². The molecule has 2 aromatic carbocycles. The maximum absolute atomic E-state index is 11.5. The summed E-state index contributed by atoms with van der Waals surface area (Å²) >= 11 is 0. The molecule has 6 nitrogen and oxygen atoms in total. The van der Waals surface area contributed by atoms with Gasteiger partial charge in [-0.05, 0) is 31.2 Å². The van der Waals surface area contributed by atoms with Crippen LogP contribution >= 0.6 is 0 Å². The zero-order chi connectivity index (χ0) is 15.7. The Bertz CT molecular complexity index is 883. The Kier molecular flexibility index (Phi) is 3.34. The van der Waals surface area contributed by atoms with E-state index < -0.39 is 5.97 Å². The van der Waals surface area contributed by atoms with Crippen molar-refractivity contribution in [3.8, 4) is 17.2 Å². The van der Waals surface area contributed by atoms with E-state index in [0.29, 0.717) is 28.0 Å². The van der Waals surface area contributed by atoms with Crippen LogP contribution in [-0.4, -0.2) is 26.1 Å². The van der Waals surface area contributed by atoms with E-state index in [1.165, 1.54) is 4.80 Å². The molecule has 0 amide bonds. The molecule has 110 valence electrons. The third kappa shape index (κ3) is 2.54. The molecule has 0 atom stereocenters. The van der Waals surface area contributed by atoms with Crippen molar-refractivity contribution in [3.05, 3.63) is 54.6 Å². The number of aromatic nitrogens is 3. The number of benzene rings is 2. The average molecular weight is 295 g/mol. The van der Waals surface area contributed by atoms with Gasteiger partial charge in [-0.3, -0.25) is 0 Å². The fraction of sp³-hybridized carbons (Fsp3) is 0.0625. The van der Waals surface area contributed by atoms with Gasteiger partial charge in [0.05, 0.1) is 0 Å². The first kappa shape index (κ1) is 13.8. The topological polar surface area (TPSA) is 77.2 Å². The number of ether oxygens (including phenoxy) is 1. The molecular weight excluding hydrogens is 282 g/mol. The number of esters is 1. The number of hydrogen-bond donors (Lipinski definition) is 1. The average Bonchev–Trinajstić information content (AvgIpc) is 2.90. The molecule has 0 fully saturated rings. The Morgan fingerprint density at radius 3 is 2.64 bits per heavy atom. The Morgan fingerprint density at radius 1 is 1.18 bits per heavy atom. The summed E-state index contributed by atoms with van der Waals surface area (Å²) in [5.41, 5.74) is 1.96. The first-order valence-corrected chi connectivity index (χ1v) is 6.58. The van der Waals surface area contributed by atoms with Crippen molar-refractivity contribution in [3.63, 3.8) is 0 Å². The molecule has 0 saturated heterocycles. The van der Waals surface area contributed by atoms with E-state index in [1.807, 2.05) is 0 Å². The van der Waals surface area contributed by atoms with Gasteiger partial charge in [-0.1, -0.05) is 18.7 Å². The van der Waals surface area contributed by atoms with Crippen molar-refractivity contribution in [2.45, 2.75) is 6.92 Å². The molecule has 1 heterocycles. The summed E-state index contributed by atoms with van der Waals surface area (Å²) in [5, 5.41) is 18.4. The number of phenolic OH excluding ortho intramolecular Hbond substituents is 1. The van der Waals surface area contributed by atoms with E-state index in [1.54, 1.807) is 49.4 Å². The molecule has 3 rings (SSSR count).